The van der Waals surface area contributed by atoms with Gasteiger partial charge in [-0.15, -0.1) is 0 Å². The molecule has 0 atom stereocenters. The van der Waals surface area contributed by atoms with E-state index in [9.17, 15) is 19.5 Å². The van der Waals surface area contributed by atoms with E-state index in [0.717, 1.165) is 12.8 Å². The van der Waals surface area contributed by atoms with Crippen molar-refractivity contribution in [2.45, 2.75) is 26.2 Å². The van der Waals surface area contributed by atoms with Crippen LogP contribution in [-0.4, -0.2) is 35.9 Å². The van der Waals surface area contributed by atoms with Crippen LogP contribution in [0.4, 0.5) is 10.5 Å². The molecule has 0 aliphatic heterocycles. The van der Waals surface area contributed by atoms with Crippen molar-refractivity contribution < 1.29 is 34.1 Å². The lowest BCUT2D eigenvalue weighted by molar-refractivity contribution is -0.120. The zero-order chi connectivity index (χ0) is 16.5. The minimum atomic E-state index is -0.998. The van der Waals surface area contributed by atoms with Gasteiger partial charge in [0.05, 0.1) is 5.69 Å². The van der Waals surface area contributed by atoms with E-state index in [0.29, 0.717) is 18.3 Å². The van der Waals surface area contributed by atoms with Gasteiger partial charge in [-0.1, -0.05) is 13.3 Å². The maximum atomic E-state index is 11.4. The van der Waals surface area contributed by atoms with Crippen LogP contribution in [0, 0.1) is 0 Å². The third-order valence-electron chi connectivity index (χ3n) is 2.88. The summed E-state index contributed by atoms with van der Waals surface area (Å²) < 4.78 is 8.99. The summed E-state index contributed by atoms with van der Waals surface area (Å²) in [6, 6.07) is 1.38. The molecule has 0 bridgehead atoms. The summed E-state index contributed by atoms with van der Waals surface area (Å²) in [6.07, 6.45) is 1.40. The molecular weight excluding hydrogens is 294 g/mol. The van der Waals surface area contributed by atoms with Crippen molar-refractivity contribution in [3.05, 3.63) is 17.2 Å². The molecule has 0 saturated heterocycles. The smallest absolute Gasteiger partial charge is 0.413 e. The molecule has 1 rings (SSSR count). The SMILES string of the molecule is CCCCc1cc(NC(=O)OCO)c(OC=O)c(C=O)c1O. The van der Waals surface area contributed by atoms with E-state index in [2.05, 4.69) is 14.8 Å². The van der Waals surface area contributed by atoms with E-state index in [1.807, 2.05) is 6.92 Å². The fraction of sp³-hybridized carbons (Fsp3) is 0.357. The Kier molecular flexibility index (Phi) is 6.84. The van der Waals surface area contributed by atoms with Crippen LogP contribution in [0.5, 0.6) is 11.5 Å². The van der Waals surface area contributed by atoms with Crippen molar-refractivity contribution >= 4 is 24.5 Å². The summed E-state index contributed by atoms with van der Waals surface area (Å²) in [4.78, 5) is 33.1. The number of unbranched alkanes of at least 4 members (excludes halogenated alkanes) is 1. The van der Waals surface area contributed by atoms with Gasteiger partial charge in [0.15, 0.2) is 18.8 Å². The highest BCUT2D eigenvalue weighted by atomic mass is 16.6. The van der Waals surface area contributed by atoms with Gasteiger partial charge < -0.3 is 19.7 Å². The number of ether oxygens (including phenoxy) is 2. The maximum Gasteiger partial charge on any atom is 0.413 e. The summed E-state index contributed by atoms with van der Waals surface area (Å²) in [5, 5.41) is 20.8. The Bertz CT molecular complexity index is 557. The van der Waals surface area contributed by atoms with Crippen molar-refractivity contribution in [3.63, 3.8) is 0 Å². The number of hydrogen-bond donors (Lipinski definition) is 3. The number of phenols is 1. The van der Waals surface area contributed by atoms with Gasteiger partial charge in [-0.25, -0.2) is 4.79 Å². The standard InChI is InChI=1S/C14H17NO7/c1-2-3-4-9-5-11(15-14(20)22-8-18)13(21-7-17)10(6-16)12(9)19/h5-7,18-19H,2-4,8H2,1H3,(H,15,20). The van der Waals surface area contributed by atoms with Crippen molar-refractivity contribution in [2.24, 2.45) is 0 Å². The van der Waals surface area contributed by atoms with Crippen LogP contribution in [-0.2, 0) is 16.0 Å². The number of aldehydes is 1. The van der Waals surface area contributed by atoms with Crippen LogP contribution in [0.1, 0.15) is 35.7 Å². The maximum absolute atomic E-state index is 11.4. The fourth-order valence-electron chi connectivity index (χ4n) is 1.87. The molecule has 1 aromatic carbocycles. The highest BCUT2D eigenvalue weighted by Crippen LogP contribution is 2.38. The zero-order valence-corrected chi connectivity index (χ0v) is 12.0. The molecule has 8 heteroatoms. The van der Waals surface area contributed by atoms with Gasteiger partial charge in [0.25, 0.3) is 6.47 Å². The number of rotatable bonds is 8. The van der Waals surface area contributed by atoms with Gasteiger partial charge in [-0.3, -0.25) is 14.9 Å². The minimum Gasteiger partial charge on any atom is -0.507 e. The molecule has 0 saturated carbocycles. The summed E-state index contributed by atoms with van der Waals surface area (Å²) in [6.45, 7) is 1.19. The molecule has 120 valence electrons. The van der Waals surface area contributed by atoms with E-state index in [1.165, 1.54) is 6.07 Å². The number of aliphatic hydroxyl groups is 1. The summed E-state index contributed by atoms with van der Waals surface area (Å²) in [5.74, 6) is -0.598. The number of carbonyl (C=O) groups excluding carboxylic acids is 3. The zero-order valence-electron chi connectivity index (χ0n) is 12.0. The first-order valence-corrected chi connectivity index (χ1v) is 6.57. The fourth-order valence-corrected chi connectivity index (χ4v) is 1.87. The Balaban J connectivity index is 3.32. The van der Waals surface area contributed by atoms with Crippen molar-refractivity contribution in [3.8, 4) is 11.5 Å². The topological polar surface area (TPSA) is 122 Å². The van der Waals surface area contributed by atoms with Gasteiger partial charge >= 0.3 is 6.09 Å². The predicted molar refractivity (Wildman–Crippen MR) is 76.0 cm³/mol. The van der Waals surface area contributed by atoms with E-state index in [-0.39, 0.29) is 29.2 Å². The molecule has 0 aliphatic carbocycles. The number of aliphatic hydroxyl groups excluding tert-OH is 1. The van der Waals surface area contributed by atoms with Crippen molar-refractivity contribution in [1.29, 1.82) is 0 Å². The Morgan fingerprint density at radius 3 is 2.68 bits per heavy atom. The molecule has 0 radical (unpaired) electrons. The van der Waals surface area contributed by atoms with Gasteiger partial charge in [0.1, 0.15) is 11.3 Å². The van der Waals surface area contributed by atoms with Crippen LogP contribution >= 0.6 is 0 Å². The average Bonchev–Trinajstić information content (AvgIpc) is 2.49. The largest absolute Gasteiger partial charge is 0.507 e. The van der Waals surface area contributed by atoms with Crippen LogP contribution in [0.2, 0.25) is 0 Å². The van der Waals surface area contributed by atoms with Gasteiger partial charge in [0, 0.05) is 0 Å². The number of hydrogen-bond acceptors (Lipinski definition) is 7. The molecule has 0 spiro atoms. The Hall–Kier alpha value is -2.61. The molecule has 0 heterocycles. The molecular formula is C14H17NO7. The number of anilines is 1. The van der Waals surface area contributed by atoms with Crippen LogP contribution < -0.4 is 10.1 Å². The third-order valence-corrected chi connectivity index (χ3v) is 2.88. The number of amides is 1. The van der Waals surface area contributed by atoms with Crippen LogP contribution in [0.25, 0.3) is 0 Å². The number of aromatic hydroxyl groups is 1. The van der Waals surface area contributed by atoms with Crippen molar-refractivity contribution in [1.82, 2.24) is 0 Å². The first-order valence-electron chi connectivity index (χ1n) is 6.57. The van der Waals surface area contributed by atoms with E-state index >= 15 is 0 Å². The summed E-state index contributed by atoms with van der Waals surface area (Å²) >= 11 is 0. The highest BCUT2D eigenvalue weighted by molar-refractivity contribution is 5.94. The lowest BCUT2D eigenvalue weighted by atomic mass is 10.0. The average molecular weight is 311 g/mol. The first kappa shape index (κ1) is 17.4. The number of carbonyl (C=O) groups is 3. The second-order valence-electron chi connectivity index (χ2n) is 4.30. The van der Waals surface area contributed by atoms with Gasteiger partial charge in [-0.05, 0) is 24.5 Å². The first-order chi connectivity index (χ1) is 10.6. The summed E-state index contributed by atoms with van der Waals surface area (Å²) in [7, 11) is 0. The van der Waals surface area contributed by atoms with Gasteiger partial charge in [-0.2, -0.15) is 0 Å². The monoisotopic (exact) mass is 311 g/mol. The Labute approximate surface area is 126 Å². The molecule has 0 aliphatic rings. The minimum absolute atomic E-state index is 0.0171. The van der Waals surface area contributed by atoms with Crippen molar-refractivity contribution in [2.75, 3.05) is 12.1 Å². The number of phenolic OH excluding ortho intramolecular Hbond substituents is 1. The Morgan fingerprint density at radius 1 is 1.41 bits per heavy atom. The second-order valence-corrected chi connectivity index (χ2v) is 4.30. The van der Waals surface area contributed by atoms with E-state index in [1.54, 1.807) is 0 Å². The third kappa shape index (κ3) is 4.19. The van der Waals surface area contributed by atoms with Crippen LogP contribution in [0.15, 0.2) is 6.07 Å². The molecule has 0 fully saturated rings. The molecule has 3 N–H and O–H groups in total. The number of benzene rings is 1. The Morgan fingerprint density at radius 2 is 2.14 bits per heavy atom. The lowest BCUT2D eigenvalue weighted by Gasteiger charge is -2.15. The normalized spacial score (nSPS) is 9.91. The molecule has 0 unspecified atom stereocenters. The summed E-state index contributed by atoms with van der Waals surface area (Å²) in [5.41, 5.74) is 0.151. The second kappa shape index (κ2) is 8.63. The molecule has 8 nitrogen and oxygen atoms in total. The number of nitrogens with one attached hydrogen (secondary N) is 1. The van der Waals surface area contributed by atoms with E-state index < -0.39 is 12.9 Å². The van der Waals surface area contributed by atoms with E-state index in [4.69, 9.17) is 5.11 Å². The molecule has 1 aromatic rings. The van der Waals surface area contributed by atoms with Crippen LogP contribution in [0.3, 0.4) is 0 Å². The highest BCUT2D eigenvalue weighted by Gasteiger charge is 2.20. The molecule has 1 amide bonds. The molecule has 0 aromatic heterocycles. The molecule has 22 heavy (non-hydrogen) atoms. The predicted octanol–water partition coefficient (Wildman–Crippen LogP) is 1.58. The quantitative estimate of drug-likeness (QED) is 0.378. The number of aryl methyl sites for hydroxylation is 1. The van der Waals surface area contributed by atoms with Gasteiger partial charge in [0.2, 0.25) is 0 Å². The lowest BCUT2D eigenvalue weighted by Crippen LogP contribution is -2.16.